The largest absolute Gasteiger partial charge is 0.328 e. The van der Waals surface area contributed by atoms with Gasteiger partial charge in [0.15, 0.2) is 0 Å². The van der Waals surface area contributed by atoms with Gasteiger partial charge >= 0.3 is 0 Å². The second-order valence-corrected chi connectivity index (χ2v) is 7.97. The van der Waals surface area contributed by atoms with Crippen LogP contribution in [0.1, 0.15) is 54.4 Å². The molecule has 4 fully saturated rings. The van der Waals surface area contributed by atoms with Gasteiger partial charge in [0.1, 0.15) is 0 Å². The monoisotopic (exact) mass is 283 g/mol. The molecule has 6 rings (SSSR count). The highest BCUT2D eigenvalue weighted by molar-refractivity contribution is 5.98. The number of rotatable bonds is 1. The minimum Gasteiger partial charge on any atom is -0.328 e. The summed E-state index contributed by atoms with van der Waals surface area (Å²) in [5.41, 5.74) is 8.62. The van der Waals surface area contributed by atoms with Gasteiger partial charge < -0.3 is 10.6 Å². The molecule has 0 spiro atoms. The highest BCUT2D eigenvalue weighted by Crippen LogP contribution is 2.59. The summed E-state index contributed by atoms with van der Waals surface area (Å²) >= 11 is 0. The Balaban J connectivity index is 1.56. The maximum atomic E-state index is 12.9. The summed E-state index contributed by atoms with van der Waals surface area (Å²) in [6, 6.07) is 1.99. The minimum absolute atomic E-state index is 0.0165. The van der Waals surface area contributed by atoms with Gasteiger partial charge in [-0.05, 0) is 62.0 Å². The molecule has 4 bridgehead atoms. The summed E-state index contributed by atoms with van der Waals surface area (Å²) in [6.07, 6.45) is 10.5. The van der Waals surface area contributed by atoms with Gasteiger partial charge in [0.05, 0.1) is 5.56 Å². The molecule has 4 saturated carbocycles. The standard InChI is InChI=1S/C17H21N3O/c18-16-4-11-3-12(5-16)7-17(6-11,10-16)20-9-13-1-2-19-8-14(13)15(20)21/h1-2,8,11-12H,3-7,9-10,18H2. The molecule has 5 aliphatic rings. The van der Waals surface area contributed by atoms with E-state index < -0.39 is 0 Å². The predicted octanol–water partition coefficient (Wildman–Crippen LogP) is 2.09. The van der Waals surface area contributed by atoms with Crippen LogP contribution in [0.4, 0.5) is 0 Å². The molecule has 110 valence electrons. The second-order valence-electron chi connectivity index (χ2n) is 7.97. The Morgan fingerprint density at radius 1 is 1.24 bits per heavy atom. The molecule has 4 heteroatoms. The summed E-state index contributed by atoms with van der Waals surface area (Å²) in [5, 5.41) is 0. The van der Waals surface area contributed by atoms with Crippen molar-refractivity contribution in [2.75, 3.05) is 0 Å². The first kappa shape index (κ1) is 12.2. The van der Waals surface area contributed by atoms with Gasteiger partial charge in [-0.2, -0.15) is 0 Å². The van der Waals surface area contributed by atoms with Crippen molar-refractivity contribution < 1.29 is 4.79 Å². The van der Waals surface area contributed by atoms with E-state index in [0.29, 0.717) is 0 Å². The van der Waals surface area contributed by atoms with Crippen LogP contribution in [-0.4, -0.2) is 26.9 Å². The molecule has 4 nitrogen and oxygen atoms in total. The normalized spacial score (nSPS) is 43.5. The third-order valence-corrected chi connectivity index (χ3v) is 6.36. The smallest absolute Gasteiger partial charge is 0.256 e. The molecular formula is C17H21N3O. The quantitative estimate of drug-likeness (QED) is 0.858. The number of nitrogens with zero attached hydrogens (tertiary/aromatic N) is 2. The van der Waals surface area contributed by atoms with E-state index in [0.717, 1.165) is 48.8 Å². The van der Waals surface area contributed by atoms with E-state index in [2.05, 4.69) is 9.88 Å². The number of fused-ring (bicyclic) bond motifs is 1. The summed E-state index contributed by atoms with van der Waals surface area (Å²) in [4.78, 5) is 19.1. The average Bonchev–Trinajstić information content (AvgIpc) is 2.75. The van der Waals surface area contributed by atoms with Crippen LogP contribution < -0.4 is 5.73 Å². The van der Waals surface area contributed by atoms with E-state index >= 15 is 0 Å². The third kappa shape index (κ3) is 1.54. The Morgan fingerprint density at radius 3 is 2.67 bits per heavy atom. The molecule has 21 heavy (non-hydrogen) atoms. The third-order valence-electron chi connectivity index (χ3n) is 6.36. The predicted molar refractivity (Wildman–Crippen MR) is 78.4 cm³/mol. The van der Waals surface area contributed by atoms with E-state index in [-0.39, 0.29) is 17.0 Å². The molecule has 0 saturated heterocycles. The lowest BCUT2D eigenvalue weighted by atomic mass is 9.49. The number of hydrogen-bond donors (Lipinski definition) is 1. The van der Waals surface area contributed by atoms with E-state index in [1.165, 1.54) is 19.3 Å². The Hall–Kier alpha value is -1.42. The molecule has 2 atom stereocenters. The number of aromatic nitrogens is 1. The zero-order valence-electron chi connectivity index (χ0n) is 12.2. The van der Waals surface area contributed by atoms with Crippen LogP contribution in [0.15, 0.2) is 18.5 Å². The molecule has 1 amide bonds. The van der Waals surface area contributed by atoms with Crippen molar-refractivity contribution >= 4 is 5.91 Å². The van der Waals surface area contributed by atoms with Gasteiger partial charge in [-0.1, -0.05) is 0 Å². The van der Waals surface area contributed by atoms with Crippen molar-refractivity contribution in [3.8, 4) is 0 Å². The molecule has 0 aromatic carbocycles. The number of carbonyl (C=O) groups is 1. The summed E-state index contributed by atoms with van der Waals surface area (Å²) in [5.74, 6) is 1.64. The van der Waals surface area contributed by atoms with Gasteiger partial charge in [-0.25, -0.2) is 0 Å². The van der Waals surface area contributed by atoms with Crippen LogP contribution in [0.3, 0.4) is 0 Å². The SMILES string of the molecule is NC12CC3CC(C1)CC(N1Cc4ccncc4C1=O)(C3)C2. The van der Waals surface area contributed by atoms with Crippen molar-refractivity contribution in [2.45, 2.75) is 56.1 Å². The molecular weight excluding hydrogens is 262 g/mol. The first-order valence-corrected chi connectivity index (χ1v) is 8.11. The number of nitrogens with two attached hydrogens (primary N) is 1. The van der Waals surface area contributed by atoms with Crippen molar-refractivity contribution in [1.29, 1.82) is 0 Å². The highest BCUT2D eigenvalue weighted by Gasteiger charge is 2.60. The zero-order chi connectivity index (χ0) is 14.2. The van der Waals surface area contributed by atoms with Crippen LogP contribution in [0.25, 0.3) is 0 Å². The van der Waals surface area contributed by atoms with Crippen LogP contribution in [0.2, 0.25) is 0 Å². The van der Waals surface area contributed by atoms with Crippen LogP contribution in [0.5, 0.6) is 0 Å². The maximum absolute atomic E-state index is 12.9. The van der Waals surface area contributed by atoms with Crippen LogP contribution >= 0.6 is 0 Å². The summed E-state index contributed by atoms with van der Waals surface area (Å²) < 4.78 is 0. The fourth-order valence-electron chi connectivity index (χ4n) is 6.12. The van der Waals surface area contributed by atoms with Crippen LogP contribution in [-0.2, 0) is 6.54 Å². The van der Waals surface area contributed by atoms with Crippen LogP contribution in [0, 0.1) is 11.8 Å². The molecule has 1 aromatic heterocycles. The molecule has 1 aliphatic heterocycles. The lowest BCUT2D eigenvalue weighted by Crippen LogP contribution is -2.68. The van der Waals surface area contributed by atoms with Gasteiger partial charge in [0, 0.05) is 30.0 Å². The molecule has 0 radical (unpaired) electrons. The maximum Gasteiger partial charge on any atom is 0.256 e. The Bertz CT molecular complexity index is 627. The van der Waals surface area contributed by atoms with Crippen molar-refractivity contribution in [3.05, 3.63) is 29.6 Å². The van der Waals surface area contributed by atoms with Gasteiger partial charge in [-0.3, -0.25) is 9.78 Å². The Labute approximate surface area is 124 Å². The fraction of sp³-hybridized carbons (Fsp3) is 0.647. The average molecular weight is 283 g/mol. The summed E-state index contributed by atoms with van der Waals surface area (Å²) in [7, 11) is 0. The molecule has 1 aromatic rings. The van der Waals surface area contributed by atoms with Gasteiger partial charge in [0.25, 0.3) is 5.91 Å². The number of pyridine rings is 1. The van der Waals surface area contributed by atoms with Crippen molar-refractivity contribution in [3.63, 3.8) is 0 Å². The molecule has 2 N–H and O–H groups in total. The zero-order valence-corrected chi connectivity index (χ0v) is 12.2. The number of carbonyl (C=O) groups excluding carboxylic acids is 1. The van der Waals surface area contributed by atoms with Gasteiger partial charge in [0.2, 0.25) is 0 Å². The molecule has 4 aliphatic carbocycles. The number of amides is 1. The van der Waals surface area contributed by atoms with E-state index in [9.17, 15) is 4.79 Å². The first-order valence-electron chi connectivity index (χ1n) is 8.11. The minimum atomic E-state index is -0.0165. The first-order chi connectivity index (χ1) is 10.1. The topological polar surface area (TPSA) is 59.2 Å². The Morgan fingerprint density at radius 2 is 2.00 bits per heavy atom. The second kappa shape index (κ2) is 3.67. The van der Waals surface area contributed by atoms with E-state index in [1.807, 2.05) is 6.07 Å². The lowest BCUT2D eigenvalue weighted by molar-refractivity contribution is -0.0855. The molecule has 2 heterocycles. The number of hydrogen-bond acceptors (Lipinski definition) is 3. The van der Waals surface area contributed by atoms with E-state index in [1.54, 1.807) is 12.4 Å². The lowest BCUT2D eigenvalue weighted by Gasteiger charge is -2.63. The Kier molecular flexibility index (Phi) is 2.12. The highest BCUT2D eigenvalue weighted by atomic mass is 16.2. The fourth-order valence-corrected chi connectivity index (χ4v) is 6.12. The van der Waals surface area contributed by atoms with Crippen molar-refractivity contribution in [2.24, 2.45) is 17.6 Å². The summed E-state index contributed by atoms with van der Waals surface area (Å²) in [6.45, 7) is 0.756. The molecule has 2 unspecified atom stereocenters. The van der Waals surface area contributed by atoms with E-state index in [4.69, 9.17) is 5.73 Å². The van der Waals surface area contributed by atoms with Gasteiger partial charge in [-0.15, -0.1) is 0 Å². The van der Waals surface area contributed by atoms with Crippen molar-refractivity contribution in [1.82, 2.24) is 9.88 Å².